The summed E-state index contributed by atoms with van der Waals surface area (Å²) in [6, 6.07) is -0.525. The number of urea groups is 1. The SMILES string of the molecule is C#CCN(CCC)C(=O)N(CC)C(C)CC(=O)O. The molecule has 0 rings (SSSR count). The van der Waals surface area contributed by atoms with Gasteiger partial charge >= 0.3 is 12.0 Å². The maximum atomic E-state index is 12.2. The molecule has 18 heavy (non-hydrogen) atoms. The highest BCUT2D eigenvalue weighted by Gasteiger charge is 2.24. The number of carbonyl (C=O) groups is 2. The van der Waals surface area contributed by atoms with Crippen LogP contribution in [0.15, 0.2) is 0 Å². The molecular formula is C13H22N2O3. The van der Waals surface area contributed by atoms with Crippen LogP contribution in [0.3, 0.4) is 0 Å². The van der Waals surface area contributed by atoms with Gasteiger partial charge in [-0.15, -0.1) is 6.42 Å². The predicted molar refractivity (Wildman–Crippen MR) is 70.2 cm³/mol. The second-order valence-corrected chi connectivity index (χ2v) is 4.14. The van der Waals surface area contributed by atoms with Gasteiger partial charge in [0.15, 0.2) is 0 Å². The van der Waals surface area contributed by atoms with E-state index in [0.717, 1.165) is 6.42 Å². The molecule has 5 nitrogen and oxygen atoms in total. The van der Waals surface area contributed by atoms with Crippen molar-refractivity contribution in [2.75, 3.05) is 19.6 Å². The summed E-state index contributed by atoms with van der Waals surface area (Å²) in [7, 11) is 0. The monoisotopic (exact) mass is 254 g/mol. The third-order valence-electron chi connectivity index (χ3n) is 2.63. The molecule has 102 valence electrons. The number of hydrogen-bond donors (Lipinski definition) is 1. The molecule has 0 saturated carbocycles. The topological polar surface area (TPSA) is 60.9 Å². The Kier molecular flexibility index (Phi) is 7.61. The minimum absolute atomic E-state index is 0.0599. The molecule has 0 aliphatic carbocycles. The van der Waals surface area contributed by atoms with Crippen molar-refractivity contribution in [2.24, 2.45) is 0 Å². The zero-order valence-corrected chi connectivity index (χ0v) is 11.3. The number of amides is 2. The van der Waals surface area contributed by atoms with Crippen molar-refractivity contribution >= 4 is 12.0 Å². The van der Waals surface area contributed by atoms with Crippen LogP contribution < -0.4 is 0 Å². The van der Waals surface area contributed by atoms with E-state index in [0.29, 0.717) is 13.1 Å². The van der Waals surface area contributed by atoms with E-state index in [9.17, 15) is 9.59 Å². The number of aliphatic carboxylic acids is 1. The van der Waals surface area contributed by atoms with Gasteiger partial charge in [-0.05, 0) is 20.3 Å². The van der Waals surface area contributed by atoms with E-state index >= 15 is 0 Å². The smallest absolute Gasteiger partial charge is 0.321 e. The Morgan fingerprint density at radius 3 is 2.39 bits per heavy atom. The molecule has 0 aromatic heterocycles. The Morgan fingerprint density at radius 2 is 2.00 bits per heavy atom. The molecular weight excluding hydrogens is 232 g/mol. The molecule has 2 amide bonds. The van der Waals surface area contributed by atoms with Gasteiger partial charge in [-0.3, -0.25) is 4.79 Å². The second-order valence-electron chi connectivity index (χ2n) is 4.14. The summed E-state index contributed by atoms with van der Waals surface area (Å²) >= 11 is 0. The Bertz CT molecular complexity index is 323. The molecule has 1 unspecified atom stereocenters. The molecule has 0 aliphatic rings. The molecule has 0 radical (unpaired) electrons. The van der Waals surface area contributed by atoms with E-state index < -0.39 is 5.97 Å². The van der Waals surface area contributed by atoms with Crippen LogP contribution in [-0.2, 0) is 4.79 Å². The third kappa shape index (κ3) is 5.09. The highest BCUT2D eigenvalue weighted by molar-refractivity contribution is 5.76. The first-order chi connectivity index (χ1) is 8.47. The van der Waals surface area contributed by atoms with E-state index in [1.807, 2.05) is 13.8 Å². The van der Waals surface area contributed by atoms with Crippen molar-refractivity contribution in [3.05, 3.63) is 0 Å². The summed E-state index contributed by atoms with van der Waals surface area (Å²) in [5, 5.41) is 8.77. The second kappa shape index (κ2) is 8.40. The number of hydrogen-bond acceptors (Lipinski definition) is 2. The lowest BCUT2D eigenvalue weighted by atomic mass is 10.2. The number of carboxylic acid groups (broad SMARTS) is 1. The fraction of sp³-hybridized carbons (Fsp3) is 0.692. The minimum atomic E-state index is -0.909. The van der Waals surface area contributed by atoms with E-state index in [1.165, 1.54) is 0 Å². The maximum Gasteiger partial charge on any atom is 0.321 e. The molecule has 0 saturated heterocycles. The molecule has 1 atom stereocenters. The first-order valence-electron chi connectivity index (χ1n) is 6.18. The number of carboxylic acids is 1. The third-order valence-corrected chi connectivity index (χ3v) is 2.63. The molecule has 0 fully saturated rings. The van der Waals surface area contributed by atoms with E-state index in [-0.39, 0.29) is 25.0 Å². The average molecular weight is 254 g/mol. The van der Waals surface area contributed by atoms with Gasteiger partial charge in [-0.25, -0.2) is 4.79 Å². The normalized spacial score (nSPS) is 11.4. The van der Waals surface area contributed by atoms with Gasteiger partial charge in [0.1, 0.15) is 0 Å². The van der Waals surface area contributed by atoms with Gasteiger partial charge in [0.25, 0.3) is 0 Å². The van der Waals surface area contributed by atoms with Crippen LogP contribution >= 0.6 is 0 Å². The first kappa shape index (κ1) is 16.3. The summed E-state index contributed by atoms with van der Waals surface area (Å²) in [6.45, 7) is 6.83. The lowest BCUT2D eigenvalue weighted by Gasteiger charge is -2.32. The van der Waals surface area contributed by atoms with E-state index in [2.05, 4.69) is 5.92 Å². The average Bonchev–Trinajstić information content (AvgIpc) is 2.28. The van der Waals surface area contributed by atoms with Gasteiger partial charge in [0, 0.05) is 19.1 Å². The molecule has 0 aliphatic heterocycles. The van der Waals surface area contributed by atoms with Crippen molar-refractivity contribution in [2.45, 2.75) is 39.7 Å². The summed E-state index contributed by atoms with van der Waals surface area (Å²) in [5.74, 6) is 1.54. The van der Waals surface area contributed by atoms with Crippen LogP contribution in [0, 0.1) is 12.3 Å². The summed E-state index contributed by atoms with van der Waals surface area (Å²) in [4.78, 5) is 26.0. The molecule has 0 aromatic carbocycles. The maximum absolute atomic E-state index is 12.2. The van der Waals surface area contributed by atoms with Gasteiger partial charge in [-0.1, -0.05) is 12.8 Å². The Hall–Kier alpha value is -1.70. The standard InChI is InChI=1S/C13H22N2O3/c1-5-8-14(9-6-2)13(18)15(7-3)11(4)10-12(16)17/h1,11H,6-10H2,2-4H3,(H,16,17). The van der Waals surface area contributed by atoms with E-state index in [1.54, 1.807) is 16.7 Å². The summed E-state index contributed by atoms with van der Waals surface area (Å²) in [5.41, 5.74) is 0. The predicted octanol–water partition coefficient (Wildman–Crippen LogP) is 1.64. The van der Waals surface area contributed by atoms with Crippen molar-refractivity contribution in [1.82, 2.24) is 9.80 Å². The van der Waals surface area contributed by atoms with Crippen LogP contribution in [0.2, 0.25) is 0 Å². The van der Waals surface area contributed by atoms with Gasteiger partial charge in [-0.2, -0.15) is 0 Å². The van der Waals surface area contributed by atoms with Crippen LogP contribution in [-0.4, -0.2) is 52.6 Å². The highest BCUT2D eigenvalue weighted by Crippen LogP contribution is 2.08. The van der Waals surface area contributed by atoms with Crippen molar-refractivity contribution in [3.63, 3.8) is 0 Å². The molecule has 0 bridgehead atoms. The fourth-order valence-corrected chi connectivity index (χ4v) is 1.80. The van der Waals surface area contributed by atoms with Gasteiger partial charge < -0.3 is 14.9 Å². The Labute approximate surface area is 109 Å². The van der Waals surface area contributed by atoms with Crippen LogP contribution in [0.1, 0.15) is 33.6 Å². The molecule has 1 N–H and O–H groups in total. The summed E-state index contributed by atoms with van der Waals surface area (Å²) < 4.78 is 0. The largest absolute Gasteiger partial charge is 0.481 e. The molecule has 0 aromatic rings. The fourth-order valence-electron chi connectivity index (χ4n) is 1.80. The lowest BCUT2D eigenvalue weighted by molar-refractivity contribution is -0.138. The van der Waals surface area contributed by atoms with Crippen LogP contribution in [0.4, 0.5) is 4.79 Å². The van der Waals surface area contributed by atoms with Crippen LogP contribution in [0.5, 0.6) is 0 Å². The molecule has 0 heterocycles. The first-order valence-corrected chi connectivity index (χ1v) is 6.18. The molecule has 0 spiro atoms. The van der Waals surface area contributed by atoms with E-state index in [4.69, 9.17) is 11.5 Å². The van der Waals surface area contributed by atoms with Crippen molar-refractivity contribution < 1.29 is 14.7 Å². The summed E-state index contributed by atoms with van der Waals surface area (Å²) in [6.07, 6.45) is 6.00. The van der Waals surface area contributed by atoms with Gasteiger partial charge in [0.2, 0.25) is 0 Å². The highest BCUT2D eigenvalue weighted by atomic mass is 16.4. The number of nitrogens with zero attached hydrogens (tertiary/aromatic N) is 2. The quantitative estimate of drug-likeness (QED) is 0.702. The Morgan fingerprint density at radius 1 is 1.39 bits per heavy atom. The lowest BCUT2D eigenvalue weighted by Crippen LogP contribution is -2.48. The zero-order valence-electron chi connectivity index (χ0n) is 11.3. The van der Waals surface area contributed by atoms with Crippen molar-refractivity contribution in [3.8, 4) is 12.3 Å². The van der Waals surface area contributed by atoms with Crippen LogP contribution in [0.25, 0.3) is 0 Å². The minimum Gasteiger partial charge on any atom is -0.481 e. The number of terminal acetylenes is 1. The number of rotatable bonds is 7. The van der Waals surface area contributed by atoms with Crippen molar-refractivity contribution in [1.29, 1.82) is 0 Å². The van der Waals surface area contributed by atoms with Gasteiger partial charge in [0.05, 0.1) is 13.0 Å². The number of carbonyl (C=O) groups excluding carboxylic acids is 1. The zero-order chi connectivity index (χ0) is 14.1. The Balaban J connectivity index is 4.75. The molecule has 5 heteroatoms.